The zero-order valence-electron chi connectivity index (χ0n) is 5.23. The lowest BCUT2D eigenvalue weighted by Crippen LogP contribution is -2.39. The summed E-state index contributed by atoms with van der Waals surface area (Å²) in [6, 6.07) is 0. The average molecular weight is 116 g/mol. The summed E-state index contributed by atoms with van der Waals surface area (Å²) in [5.41, 5.74) is 3.92. The van der Waals surface area contributed by atoms with E-state index in [9.17, 15) is 0 Å². The van der Waals surface area contributed by atoms with Gasteiger partial charge in [-0.05, 0) is 13.3 Å². The molecule has 0 rings (SSSR count). The Morgan fingerprint density at radius 3 is 2.25 bits per heavy atom. The van der Waals surface area contributed by atoms with Crippen molar-refractivity contribution in [1.29, 1.82) is 5.41 Å². The molecule has 0 bridgehead atoms. The molecule has 1 unspecified atom stereocenters. The van der Waals surface area contributed by atoms with Crippen LogP contribution in [0, 0.1) is 5.41 Å². The Balaban J connectivity index is 3.91. The zero-order chi connectivity index (χ0) is 6.78. The van der Waals surface area contributed by atoms with E-state index < -0.39 is 5.60 Å². The highest BCUT2D eigenvalue weighted by Gasteiger charge is 2.20. The average Bonchev–Trinajstić information content (AvgIpc) is 1.67. The summed E-state index contributed by atoms with van der Waals surface area (Å²) in [5.74, 6) is -0.167. The van der Waals surface area contributed by atoms with Crippen molar-refractivity contribution in [1.82, 2.24) is 0 Å². The van der Waals surface area contributed by atoms with Gasteiger partial charge in [-0.2, -0.15) is 0 Å². The van der Waals surface area contributed by atoms with E-state index in [0.29, 0.717) is 6.42 Å². The quantitative estimate of drug-likeness (QED) is 0.353. The van der Waals surface area contributed by atoms with Gasteiger partial charge in [0.05, 0.1) is 0 Å². The van der Waals surface area contributed by atoms with E-state index in [4.69, 9.17) is 16.2 Å². The molecule has 0 aromatic rings. The molecule has 0 spiro atoms. The standard InChI is InChI=1S/C5H12N2O/c1-3-5(2,8)4(6)7/h8H,3H2,1-2H3,(H3,6,7). The number of hydrogen-bond acceptors (Lipinski definition) is 2. The molecule has 0 radical (unpaired) electrons. The Kier molecular flexibility index (Phi) is 1.98. The minimum Gasteiger partial charge on any atom is -0.385 e. The maximum absolute atomic E-state index is 9.05. The number of hydrogen-bond donors (Lipinski definition) is 3. The van der Waals surface area contributed by atoms with Gasteiger partial charge in [0.15, 0.2) is 0 Å². The van der Waals surface area contributed by atoms with Crippen LogP contribution in [0.4, 0.5) is 0 Å². The Morgan fingerprint density at radius 1 is 1.88 bits per heavy atom. The Hall–Kier alpha value is -0.570. The van der Waals surface area contributed by atoms with Crippen LogP contribution in [-0.2, 0) is 0 Å². The van der Waals surface area contributed by atoms with Gasteiger partial charge in [-0.25, -0.2) is 0 Å². The van der Waals surface area contributed by atoms with Gasteiger partial charge in [0, 0.05) is 0 Å². The zero-order valence-corrected chi connectivity index (χ0v) is 5.23. The number of nitrogens with two attached hydrogens (primary N) is 1. The molecule has 4 N–H and O–H groups in total. The number of rotatable bonds is 2. The van der Waals surface area contributed by atoms with Crippen LogP contribution < -0.4 is 5.73 Å². The molecule has 0 aromatic carbocycles. The maximum atomic E-state index is 9.05. The van der Waals surface area contributed by atoms with Gasteiger partial charge in [-0.15, -0.1) is 0 Å². The van der Waals surface area contributed by atoms with E-state index in [2.05, 4.69) is 0 Å². The number of aliphatic hydroxyl groups is 1. The topological polar surface area (TPSA) is 70.1 Å². The molecule has 0 fully saturated rings. The minimum absolute atomic E-state index is 0.167. The molecule has 0 aliphatic carbocycles. The number of amidine groups is 1. The summed E-state index contributed by atoms with van der Waals surface area (Å²) in [5, 5.41) is 15.9. The summed E-state index contributed by atoms with van der Waals surface area (Å²) in [6.07, 6.45) is 0.488. The fourth-order valence-corrected chi connectivity index (χ4v) is 0.190. The summed E-state index contributed by atoms with van der Waals surface area (Å²) >= 11 is 0. The molecule has 48 valence electrons. The molecule has 3 nitrogen and oxygen atoms in total. The first kappa shape index (κ1) is 7.43. The second kappa shape index (κ2) is 2.13. The molecule has 0 saturated carbocycles. The molecule has 0 amide bonds. The van der Waals surface area contributed by atoms with Crippen molar-refractivity contribution in [2.75, 3.05) is 0 Å². The molecule has 0 heterocycles. The lowest BCUT2D eigenvalue weighted by Gasteiger charge is -2.18. The smallest absolute Gasteiger partial charge is 0.123 e. The van der Waals surface area contributed by atoms with Gasteiger partial charge in [0.1, 0.15) is 11.4 Å². The van der Waals surface area contributed by atoms with E-state index in [0.717, 1.165) is 0 Å². The monoisotopic (exact) mass is 116 g/mol. The van der Waals surface area contributed by atoms with Crippen molar-refractivity contribution in [2.45, 2.75) is 25.9 Å². The van der Waals surface area contributed by atoms with E-state index in [1.165, 1.54) is 6.92 Å². The fraction of sp³-hybridized carbons (Fsp3) is 0.800. The van der Waals surface area contributed by atoms with Crippen molar-refractivity contribution in [3.8, 4) is 0 Å². The summed E-state index contributed by atoms with van der Waals surface area (Å²) < 4.78 is 0. The van der Waals surface area contributed by atoms with E-state index in [1.807, 2.05) is 0 Å². The molecular weight excluding hydrogens is 104 g/mol. The van der Waals surface area contributed by atoms with Gasteiger partial charge in [-0.3, -0.25) is 5.41 Å². The first-order chi connectivity index (χ1) is 3.50. The van der Waals surface area contributed by atoms with Crippen LogP contribution in [0.15, 0.2) is 0 Å². The van der Waals surface area contributed by atoms with Crippen LogP contribution in [0.25, 0.3) is 0 Å². The van der Waals surface area contributed by atoms with Crippen LogP contribution in [0.1, 0.15) is 20.3 Å². The molecule has 0 aromatic heterocycles. The van der Waals surface area contributed by atoms with Crippen molar-refractivity contribution in [3.05, 3.63) is 0 Å². The SMILES string of the molecule is CCC(C)(O)C(=N)N. The molecule has 0 saturated heterocycles. The lowest BCUT2D eigenvalue weighted by molar-refractivity contribution is 0.126. The minimum atomic E-state index is -1.10. The third-order valence-electron chi connectivity index (χ3n) is 1.27. The van der Waals surface area contributed by atoms with Gasteiger partial charge < -0.3 is 10.8 Å². The van der Waals surface area contributed by atoms with E-state index >= 15 is 0 Å². The van der Waals surface area contributed by atoms with Crippen LogP contribution in [0.2, 0.25) is 0 Å². The largest absolute Gasteiger partial charge is 0.385 e. The highest BCUT2D eigenvalue weighted by Crippen LogP contribution is 2.05. The summed E-state index contributed by atoms with van der Waals surface area (Å²) in [6.45, 7) is 3.30. The van der Waals surface area contributed by atoms with Gasteiger partial charge in [0.2, 0.25) is 0 Å². The maximum Gasteiger partial charge on any atom is 0.123 e. The van der Waals surface area contributed by atoms with Crippen LogP contribution >= 0.6 is 0 Å². The third-order valence-corrected chi connectivity index (χ3v) is 1.27. The van der Waals surface area contributed by atoms with Gasteiger partial charge in [0.25, 0.3) is 0 Å². The molecule has 8 heavy (non-hydrogen) atoms. The molecular formula is C5H12N2O. The van der Waals surface area contributed by atoms with Crippen molar-refractivity contribution < 1.29 is 5.11 Å². The fourth-order valence-electron chi connectivity index (χ4n) is 0.190. The van der Waals surface area contributed by atoms with Crippen LogP contribution in [0.3, 0.4) is 0 Å². The van der Waals surface area contributed by atoms with Crippen LogP contribution in [-0.4, -0.2) is 16.5 Å². The summed E-state index contributed by atoms with van der Waals surface area (Å²) in [4.78, 5) is 0. The highest BCUT2D eigenvalue weighted by molar-refractivity contribution is 5.85. The van der Waals surface area contributed by atoms with Crippen LogP contribution in [0.5, 0.6) is 0 Å². The van der Waals surface area contributed by atoms with E-state index in [1.54, 1.807) is 6.92 Å². The van der Waals surface area contributed by atoms with Crippen molar-refractivity contribution in [2.24, 2.45) is 5.73 Å². The predicted octanol–water partition coefficient (Wildman–Crippen LogP) is 0.0834. The molecule has 1 atom stereocenters. The Labute approximate surface area is 49.0 Å². The van der Waals surface area contributed by atoms with Crippen molar-refractivity contribution in [3.63, 3.8) is 0 Å². The second-order valence-electron chi connectivity index (χ2n) is 2.04. The second-order valence-corrected chi connectivity index (χ2v) is 2.04. The van der Waals surface area contributed by atoms with Gasteiger partial charge in [-0.1, -0.05) is 6.92 Å². The third kappa shape index (κ3) is 1.50. The van der Waals surface area contributed by atoms with Crippen molar-refractivity contribution >= 4 is 5.84 Å². The molecule has 3 heteroatoms. The first-order valence-corrected chi connectivity index (χ1v) is 2.57. The van der Waals surface area contributed by atoms with Gasteiger partial charge >= 0.3 is 0 Å². The summed E-state index contributed by atoms with van der Waals surface area (Å²) in [7, 11) is 0. The van der Waals surface area contributed by atoms with E-state index in [-0.39, 0.29) is 5.84 Å². The Morgan fingerprint density at radius 2 is 2.25 bits per heavy atom. The normalized spacial score (nSPS) is 17.4. The highest BCUT2D eigenvalue weighted by atomic mass is 16.3. The Bertz CT molecular complexity index is 98.6. The number of nitrogens with one attached hydrogen (secondary N) is 1. The first-order valence-electron chi connectivity index (χ1n) is 2.57. The molecule has 0 aliphatic heterocycles. The lowest BCUT2D eigenvalue weighted by atomic mass is 10.0. The molecule has 0 aliphatic rings. The predicted molar refractivity (Wildman–Crippen MR) is 32.8 cm³/mol.